The third-order valence-electron chi connectivity index (χ3n) is 2.60. The smallest absolute Gasteiger partial charge is 0.240 e. The Hall–Kier alpha value is -1.44. The Morgan fingerprint density at radius 2 is 1.67 bits per heavy atom. The summed E-state index contributed by atoms with van der Waals surface area (Å²) in [7, 11) is -3.64. The highest BCUT2D eigenvalue weighted by molar-refractivity contribution is 9.10. The normalized spacial score (nSPS) is 11.3. The molecule has 0 aliphatic carbocycles. The number of nitrogens with one attached hydrogen (secondary N) is 1. The number of halogens is 2. The second-order valence-corrected chi connectivity index (χ2v) is 6.84. The Morgan fingerprint density at radius 1 is 1.05 bits per heavy atom. The molecule has 0 radical (unpaired) electrons. The van der Waals surface area contributed by atoms with Crippen LogP contribution in [0.2, 0.25) is 0 Å². The summed E-state index contributed by atoms with van der Waals surface area (Å²) in [6.07, 6.45) is 0. The third-order valence-corrected chi connectivity index (χ3v) is 4.61. The Kier molecular flexibility index (Phi) is 5.33. The monoisotopic (exact) mass is 373 g/mol. The zero-order chi connectivity index (χ0) is 15.3. The molecule has 0 aliphatic heterocycles. The predicted octanol–water partition coefficient (Wildman–Crippen LogP) is 2.95. The molecule has 21 heavy (non-hydrogen) atoms. The Bertz CT molecular complexity index is 687. The van der Waals surface area contributed by atoms with Gasteiger partial charge in [-0.25, -0.2) is 17.5 Å². The fraction of sp³-hybridized carbons (Fsp3) is 0.143. The maximum atomic E-state index is 12.8. The van der Waals surface area contributed by atoms with Gasteiger partial charge < -0.3 is 4.74 Å². The van der Waals surface area contributed by atoms with Crippen LogP contribution >= 0.6 is 15.9 Å². The number of sulfonamides is 1. The summed E-state index contributed by atoms with van der Waals surface area (Å²) in [5.74, 6) is 0.173. The van der Waals surface area contributed by atoms with E-state index in [0.29, 0.717) is 5.75 Å². The molecule has 112 valence electrons. The summed E-state index contributed by atoms with van der Waals surface area (Å²) in [5.41, 5.74) is 0. The van der Waals surface area contributed by atoms with E-state index in [2.05, 4.69) is 20.7 Å². The number of hydrogen-bond acceptors (Lipinski definition) is 3. The second kappa shape index (κ2) is 7.02. The van der Waals surface area contributed by atoms with Crippen LogP contribution in [0.4, 0.5) is 4.39 Å². The highest BCUT2D eigenvalue weighted by Gasteiger charge is 2.13. The van der Waals surface area contributed by atoms with Crippen LogP contribution in [0.1, 0.15) is 0 Å². The molecule has 1 N–H and O–H groups in total. The maximum absolute atomic E-state index is 12.8. The van der Waals surface area contributed by atoms with E-state index >= 15 is 0 Å². The van der Waals surface area contributed by atoms with Crippen molar-refractivity contribution in [2.24, 2.45) is 0 Å². The standard InChI is InChI=1S/C14H13BrFNO3S/c15-11-1-5-13(6-2-11)20-10-9-17-21(18,19)14-7-3-12(16)4-8-14/h1-8,17H,9-10H2. The summed E-state index contributed by atoms with van der Waals surface area (Å²) in [6, 6.07) is 11.9. The second-order valence-electron chi connectivity index (χ2n) is 4.15. The highest BCUT2D eigenvalue weighted by Crippen LogP contribution is 2.16. The van der Waals surface area contributed by atoms with Gasteiger partial charge in [0.25, 0.3) is 0 Å². The van der Waals surface area contributed by atoms with E-state index in [1.165, 1.54) is 12.1 Å². The van der Waals surface area contributed by atoms with Crippen LogP contribution in [0.15, 0.2) is 57.9 Å². The minimum absolute atomic E-state index is 0.0209. The first-order valence-corrected chi connectivity index (χ1v) is 8.38. The highest BCUT2D eigenvalue weighted by atomic mass is 79.9. The maximum Gasteiger partial charge on any atom is 0.240 e. The first-order valence-electron chi connectivity index (χ1n) is 6.11. The van der Waals surface area contributed by atoms with E-state index in [4.69, 9.17) is 4.74 Å². The summed E-state index contributed by atoms with van der Waals surface area (Å²) in [4.78, 5) is 0.0209. The molecule has 7 heteroatoms. The lowest BCUT2D eigenvalue weighted by molar-refractivity contribution is 0.323. The molecule has 2 aromatic carbocycles. The largest absolute Gasteiger partial charge is 0.492 e. The van der Waals surface area contributed by atoms with Gasteiger partial charge in [0, 0.05) is 11.0 Å². The van der Waals surface area contributed by atoms with Crippen LogP contribution in [0.25, 0.3) is 0 Å². The lowest BCUT2D eigenvalue weighted by atomic mass is 10.3. The van der Waals surface area contributed by atoms with Crippen molar-refractivity contribution in [1.29, 1.82) is 0 Å². The van der Waals surface area contributed by atoms with E-state index < -0.39 is 15.8 Å². The average Bonchev–Trinajstić information content (AvgIpc) is 2.46. The van der Waals surface area contributed by atoms with Crippen molar-refractivity contribution in [3.8, 4) is 5.75 Å². The summed E-state index contributed by atoms with van der Waals surface area (Å²) in [6.45, 7) is 0.317. The van der Waals surface area contributed by atoms with Crippen LogP contribution < -0.4 is 9.46 Å². The minimum Gasteiger partial charge on any atom is -0.492 e. The average molecular weight is 374 g/mol. The zero-order valence-corrected chi connectivity index (χ0v) is 13.3. The van der Waals surface area contributed by atoms with Crippen LogP contribution in [0.3, 0.4) is 0 Å². The molecule has 0 heterocycles. The molecule has 4 nitrogen and oxygen atoms in total. The van der Waals surface area contributed by atoms with Crippen LogP contribution in [0.5, 0.6) is 5.75 Å². The van der Waals surface area contributed by atoms with Crippen molar-refractivity contribution in [3.05, 3.63) is 58.8 Å². The van der Waals surface area contributed by atoms with Gasteiger partial charge in [0.1, 0.15) is 18.2 Å². The molecule has 0 aromatic heterocycles. The van der Waals surface area contributed by atoms with Gasteiger partial charge >= 0.3 is 0 Å². The predicted molar refractivity (Wildman–Crippen MR) is 81.2 cm³/mol. The quantitative estimate of drug-likeness (QED) is 0.792. The number of hydrogen-bond donors (Lipinski definition) is 1. The molecule has 0 fully saturated rings. The third kappa shape index (κ3) is 4.80. The number of benzene rings is 2. The van der Waals surface area contributed by atoms with E-state index in [0.717, 1.165) is 16.6 Å². The van der Waals surface area contributed by atoms with Crippen molar-refractivity contribution in [2.75, 3.05) is 13.2 Å². The molecule has 2 rings (SSSR count). The first-order chi connectivity index (χ1) is 9.97. The van der Waals surface area contributed by atoms with E-state index in [9.17, 15) is 12.8 Å². The lowest BCUT2D eigenvalue weighted by Gasteiger charge is -2.08. The molecular weight excluding hydrogens is 361 g/mol. The Balaban J connectivity index is 1.85. The lowest BCUT2D eigenvalue weighted by Crippen LogP contribution is -2.28. The SMILES string of the molecule is O=S(=O)(NCCOc1ccc(Br)cc1)c1ccc(F)cc1. The van der Waals surface area contributed by atoms with Gasteiger partial charge in [-0.2, -0.15) is 0 Å². The van der Waals surface area contributed by atoms with Gasteiger partial charge in [-0.3, -0.25) is 0 Å². The van der Waals surface area contributed by atoms with Crippen molar-refractivity contribution in [2.45, 2.75) is 4.90 Å². The molecule has 0 bridgehead atoms. The Labute approximate surface area is 131 Å². The number of ether oxygens (including phenoxy) is 1. The van der Waals surface area contributed by atoms with Crippen molar-refractivity contribution < 1.29 is 17.5 Å². The topological polar surface area (TPSA) is 55.4 Å². The zero-order valence-electron chi connectivity index (χ0n) is 10.9. The molecule has 0 unspecified atom stereocenters. The summed E-state index contributed by atoms with van der Waals surface area (Å²) in [5, 5.41) is 0. The van der Waals surface area contributed by atoms with E-state index in [1.54, 1.807) is 12.1 Å². The van der Waals surface area contributed by atoms with Crippen molar-refractivity contribution >= 4 is 26.0 Å². The molecule has 0 aliphatic rings. The fourth-order valence-electron chi connectivity index (χ4n) is 1.57. The molecule has 0 amide bonds. The van der Waals surface area contributed by atoms with E-state index in [-0.39, 0.29) is 18.0 Å². The summed E-state index contributed by atoms with van der Waals surface area (Å²) < 4.78 is 45.3. The first kappa shape index (κ1) is 15.9. The minimum atomic E-state index is -3.64. The molecule has 0 saturated carbocycles. The van der Waals surface area contributed by atoms with Gasteiger partial charge in [-0.15, -0.1) is 0 Å². The molecule has 0 spiro atoms. The van der Waals surface area contributed by atoms with Gasteiger partial charge in [-0.05, 0) is 48.5 Å². The number of rotatable bonds is 6. The Morgan fingerprint density at radius 3 is 2.29 bits per heavy atom. The molecular formula is C14H13BrFNO3S. The van der Waals surface area contributed by atoms with Crippen LogP contribution in [-0.4, -0.2) is 21.6 Å². The van der Waals surface area contributed by atoms with Gasteiger partial charge in [0.05, 0.1) is 4.90 Å². The molecule has 0 saturated heterocycles. The van der Waals surface area contributed by atoms with Crippen LogP contribution in [0, 0.1) is 5.82 Å². The van der Waals surface area contributed by atoms with Crippen molar-refractivity contribution in [3.63, 3.8) is 0 Å². The fourth-order valence-corrected chi connectivity index (χ4v) is 2.85. The van der Waals surface area contributed by atoms with E-state index in [1.807, 2.05) is 12.1 Å². The van der Waals surface area contributed by atoms with Gasteiger partial charge in [-0.1, -0.05) is 15.9 Å². The van der Waals surface area contributed by atoms with Crippen LogP contribution in [-0.2, 0) is 10.0 Å². The van der Waals surface area contributed by atoms with Gasteiger partial charge in [0.15, 0.2) is 0 Å². The van der Waals surface area contributed by atoms with Gasteiger partial charge in [0.2, 0.25) is 10.0 Å². The summed E-state index contributed by atoms with van der Waals surface area (Å²) >= 11 is 3.31. The molecule has 2 aromatic rings. The van der Waals surface area contributed by atoms with Crippen molar-refractivity contribution in [1.82, 2.24) is 4.72 Å². The molecule has 0 atom stereocenters.